The van der Waals surface area contributed by atoms with Crippen molar-refractivity contribution in [1.82, 2.24) is 10.2 Å². The van der Waals surface area contributed by atoms with Crippen molar-refractivity contribution in [2.24, 2.45) is 11.7 Å². The summed E-state index contributed by atoms with van der Waals surface area (Å²) in [5.74, 6) is -0.0327. The van der Waals surface area contributed by atoms with Gasteiger partial charge in [0.25, 0.3) is 0 Å². The van der Waals surface area contributed by atoms with Crippen LogP contribution >= 0.6 is 0 Å². The molecule has 0 bridgehead atoms. The van der Waals surface area contributed by atoms with Gasteiger partial charge in [0.2, 0.25) is 5.91 Å². The molecule has 2 aliphatic heterocycles. The lowest BCUT2D eigenvalue weighted by Gasteiger charge is -2.34. The molecule has 3 atom stereocenters. The number of primary amides is 1. The summed E-state index contributed by atoms with van der Waals surface area (Å²) in [6.07, 6.45) is 3.36. The SMILES string of the molecule is CC1CC(N2CCC(C(N)=O)C2)CCN1. The Morgan fingerprint density at radius 3 is 2.87 bits per heavy atom. The minimum absolute atomic E-state index is 0.0928. The number of hydrogen-bond donors (Lipinski definition) is 2. The molecule has 15 heavy (non-hydrogen) atoms. The molecule has 0 saturated carbocycles. The first-order valence-electron chi connectivity index (χ1n) is 5.93. The largest absolute Gasteiger partial charge is 0.369 e. The number of nitrogens with two attached hydrogens (primary N) is 1. The fourth-order valence-corrected chi connectivity index (χ4v) is 2.79. The van der Waals surface area contributed by atoms with Crippen LogP contribution in [-0.2, 0) is 4.79 Å². The highest BCUT2D eigenvalue weighted by molar-refractivity contribution is 5.77. The molecular weight excluding hydrogens is 190 g/mol. The van der Waals surface area contributed by atoms with Gasteiger partial charge in [-0.15, -0.1) is 0 Å². The molecule has 0 aromatic heterocycles. The Balaban J connectivity index is 1.87. The van der Waals surface area contributed by atoms with Crippen molar-refractivity contribution in [2.75, 3.05) is 19.6 Å². The van der Waals surface area contributed by atoms with Gasteiger partial charge in [0, 0.05) is 18.6 Å². The summed E-state index contributed by atoms with van der Waals surface area (Å²) in [5.41, 5.74) is 5.34. The number of rotatable bonds is 2. The first kappa shape index (κ1) is 10.9. The van der Waals surface area contributed by atoms with Crippen LogP contribution in [0.25, 0.3) is 0 Å². The predicted octanol–water partition coefficient (Wildman–Crippen LogP) is -0.0659. The summed E-state index contributed by atoms with van der Waals surface area (Å²) >= 11 is 0. The molecule has 0 aliphatic carbocycles. The number of likely N-dealkylation sites (tertiary alicyclic amines) is 1. The standard InChI is InChI=1S/C11H21N3O/c1-8-6-10(2-4-13-8)14-5-3-9(7-14)11(12)15/h8-10,13H,2-7H2,1H3,(H2,12,15). The number of nitrogens with zero attached hydrogens (tertiary/aromatic N) is 1. The maximum Gasteiger partial charge on any atom is 0.221 e. The van der Waals surface area contributed by atoms with E-state index in [0.717, 1.165) is 26.1 Å². The van der Waals surface area contributed by atoms with Crippen LogP contribution in [0.1, 0.15) is 26.2 Å². The number of amides is 1. The Kier molecular flexibility index (Phi) is 3.26. The molecule has 86 valence electrons. The van der Waals surface area contributed by atoms with Crippen molar-refractivity contribution in [2.45, 2.75) is 38.3 Å². The summed E-state index contributed by atoms with van der Waals surface area (Å²) in [7, 11) is 0. The van der Waals surface area contributed by atoms with E-state index < -0.39 is 0 Å². The molecule has 0 spiro atoms. The van der Waals surface area contributed by atoms with Gasteiger partial charge in [0.15, 0.2) is 0 Å². The van der Waals surface area contributed by atoms with Crippen LogP contribution in [0, 0.1) is 5.92 Å². The summed E-state index contributed by atoms with van der Waals surface area (Å²) in [6.45, 7) is 5.26. The van der Waals surface area contributed by atoms with E-state index in [0.29, 0.717) is 12.1 Å². The third-order valence-corrected chi connectivity index (χ3v) is 3.73. The van der Waals surface area contributed by atoms with E-state index >= 15 is 0 Å². The third-order valence-electron chi connectivity index (χ3n) is 3.73. The molecule has 3 N–H and O–H groups in total. The van der Waals surface area contributed by atoms with Gasteiger partial charge in [-0.05, 0) is 39.3 Å². The molecule has 2 rings (SSSR count). The summed E-state index contributed by atoms with van der Waals surface area (Å²) in [5, 5.41) is 3.45. The van der Waals surface area contributed by atoms with E-state index in [1.807, 2.05) is 0 Å². The lowest BCUT2D eigenvalue weighted by molar-refractivity contribution is -0.121. The van der Waals surface area contributed by atoms with Crippen LogP contribution in [0.2, 0.25) is 0 Å². The Bertz CT molecular complexity index is 244. The monoisotopic (exact) mass is 211 g/mol. The summed E-state index contributed by atoms with van der Waals surface area (Å²) < 4.78 is 0. The van der Waals surface area contributed by atoms with Crippen LogP contribution in [0.3, 0.4) is 0 Å². The second-order valence-corrected chi connectivity index (χ2v) is 4.92. The Labute approximate surface area is 91.2 Å². The Morgan fingerprint density at radius 2 is 2.27 bits per heavy atom. The molecule has 3 unspecified atom stereocenters. The first-order valence-corrected chi connectivity index (χ1v) is 5.93. The molecule has 1 amide bonds. The lowest BCUT2D eigenvalue weighted by atomic mass is 9.99. The van der Waals surface area contributed by atoms with Crippen LogP contribution in [0.5, 0.6) is 0 Å². The third kappa shape index (κ3) is 2.49. The van der Waals surface area contributed by atoms with Crippen molar-refractivity contribution in [3.05, 3.63) is 0 Å². The topological polar surface area (TPSA) is 58.4 Å². The normalized spacial score (nSPS) is 38.1. The highest BCUT2D eigenvalue weighted by Gasteiger charge is 2.32. The maximum atomic E-state index is 11.1. The van der Waals surface area contributed by atoms with Crippen LogP contribution in [-0.4, -0.2) is 42.5 Å². The molecule has 4 heteroatoms. The highest BCUT2D eigenvalue weighted by atomic mass is 16.1. The molecule has 2 fully saturated rings. The van der Waals surface area contributed by atoms with Gasteiger partial charge in [-0.1, -0.05) is 0 Å². The second-order valence-electron chi connectivity index (χ2n) is 4.92. The average molecular weight is 211 g/mol. The zero-order chi connectivity index (χ0) is 10.8. The van der Waals surface area contributed by atoms with Gasteiger partial charge in [0.05, 0.1) is 5.92 Å². The highest BCUT2D eigenvalue weighted by Crippen LogP contribution is 2.23. The zero-order valence-electron chi connectivity index (χ0n) is 9.41. The van der Waals surface area contributed by atoms with Crippen molar-refractivity contribution in [1.29, 1.82) is 0 Å². The van der Waals surface area contributed by atoms with E-state index in [2.05, 4.69) is 17.1 Å². The van der Waals surface area contributed by atoms with Gasteiger partial charge in [-0.2, -0.15) is 0 Å². The lowest BCUT2D eigenvalue weighted by Crippen LogP contribution is -2.46. The maximum absolute atomic E-state index is 11.1. The molecule has 0 aromatic rings. The molecule has 2 heterocycles. The second kappa shape index (κ2) is 4.49. The van der Waals surface area contributed by atoms with Gasteiger partial charge in [-0.25, -0.2) is 0 Å². The molecule has 2 aliphatic rings. The van der Waals surface area contributed by atoms with E-state index in [4.69, 9.17) is 5.73 Å². The van der Waals surface area contributed by atoms with Gasteiger partial charge >= 0.3 is 0 Å². The van der Waals surface area contributed by atoms with Crippen molar-refractivity contribution < 1.29 is 4.79 Å². The number of hydrogen-bond acceptors (Lipinski definition) is 3. The van der Waals surface area contributed by atoms with Gasteiger partial charge in [-0.3, -0.25) is 9.69 Å². The Hall–Kier alpha value is -0.610. The molecule has 4 nitrogen and oxygen atoms in total. The quantitative estimate of drug-likeness (QED) is 0.672. The zero-order valence-corrected chi connectivity index (χ0v) is 9.41. The smallest absolute Gasteiger partial charge is 0.221 e. The minimum Gasteiger partial charge on any atom is -0.369 e. The van der Waals surface area contributed by atoms with Crippen molar-refractivity contribution >= 4 is 5.91 Å². The predicted molar refractivity (Wildman–Crippen MR) is 59.4 cm³/mol. The molecular formula is C11H21N3O. The van der Waals surface area contributed by atoms with E-state index in [-0.39, 0.29) is 11.8 Å². The van der Waals surface area contributed by atoms with Crippen molar-refractivity contribution in [3.8, 4) is 0 Å². The van der Waals surface area contributed by atoms with Gasteiger partial charge in [0.1, 0.15) is 0 Å². The van der Waals surface area contributed by atoms with Crippen LogP contribution in [0.15, 0.2) is 0 Å². The summed E-state index contributed by atoms with van der Waals surface area (Å²) in [6, 6.07) is 1.27. The van der Waals surface area contributed by atoms with E-state index in [1.54, 1.807) is 0 Å². The van der Waals surface area contributed by atoms with E-state index in [1.165, 1.54) is 12.8 Å². The van der Waals surface area contributed by atoms with Crippen LogP contribution < -0.4 is 11.1 Å². The number of nitrogens with one attached hydrogen (secondary N) is 1. The minimum atomic E-state index is -0.125. The van der Waals surface area contributed by atoms with Gasteiger partial charge < -0.3 is 11.1 Å². The first-order chi connectivity index (χ1) is 7.16. The van der Waals surface area contributed by atoms with Crippen molar-refractivity contribution in [3.63, 3.8) is 0 Å². The number of carbonyl (C=O) groups excluding carboxylic acids is 1. The average Bonchev–Trinajstić information content (AvgIpc) is 2.66. The number of carbonyl (C=O) groups is 1. The summed E-state index contributed by atoms with van der Waals surface area (Å²) in [4.78, 5) is 13.5. The van der Waals surface area contributed by atoms with E-state index in [9.17, 15) is 4.79 Å². The molecule has 0 aromatic carbocycles. The molecule has 0 radical (unpaired) electrons. The fourth-order valence-electron chi connectivity index (χ4n) is 2.79. The van der Waals surface area contributed by atoms with Crippen LogP contribution in [0.4, 0.5) is 0 Å². The number of piperidine rings is 1. The fraction of sp³-hybridized carbons (Fsp3) is 0.909. The Morgan fingerprint density at radius 1 is 1.47 bits per heavy atom. The molecule has 2 saturated heterocycles.